The monoisotopic (exact) mass is 445 g/mol. The Hall–Kier alpha value is -3.20. The molecule has 1 saturated heterocycles. The van der Waals surface area contributed by atoms with Crippen molar-refractivity contribution in [2.75, 3.05) is 18.6 Å². The number of amides is 4. The predicted molar refractivity (Wildman–Crippen MR) is 105 cm³/mol. The zero-order chi connectivity index (χ0) is 20.3. The number of rotatable bonds is 5. The highest BCUT2D eigenvalue weighted by molar-refractivity contribution is 9.10. The Bertz CT molecular complexity index is 975. The molecule has 1 aromatic carbocycles. The number of pyridine rings is 1. The van der Waals surface area contributed by atoms with Crippen molar-refractivity contribution in [3.8, 4) is 11.5 Å². The van der Waals surface area contributed by atoms with E-state index in [4.69, 9.17) is 9.47 Å². The molecule has 8 nitrogen and oxygen atoms in total. The number of methoxy groups -OCH3 is 1. The number of imide groups is 2. The summed E-state index contributed by atoms with van der Waals surface area (Å²) in [5.74, 6) is -0.567. The first kappa shape index (κ1) is 19.6. The molecule has 0 bridgehead atoms. The second-order valence-electron chi connectivity index (χ2n) is 5.63. The average Bonchev–Trinajstić information content (AvgIpc) is 2.67. The third-order valence-corrected chi connectivity index (χ3v) is 4.58. The molecule has 9 heteroatoms. The van der Waals surface area contributed by atoms with E-state index < -0.39 is 17.8 Å². The number of carbonyl (C=O) groups is 3. The number of aromatic nitrogens is 1. The highest BCUT2D eigenvalue weighted by Crippen LogP contribution is 2.35. The number of halogens is 1. The lowest BCUT2D eigenvalue weighted by atomic mass is 10.1. The topological polar surface area (TPSA) is 97.8 Å². The van der Waals surface area contributed by atoms with Gasteiger partial charge >= 0.3 is 6.03 Å². The highest BCUT2D eigenvalue weighted by atomic mass is 79.9. The van der Waals surface area contributed by atoms with Crippen molar-refractivity contribution in [2.45, 2.75) is 6.92 Å². The Labute approximate surface area is 169 Å². The van der Waals surface area contributed by atoms with E-state index in [0.29, 0.717) is 28.1 Å². The number of benzene rings is 1. The average molecular weight is 446 g/mol. The van der Waals surface area contributed by atoms with Gasteiger partial charge in [-0.25, -0.2) is 9.69 Å². The quantitative estimate of drug-likeness (QED) is 0.561. The number of barbiturate groups is 1. The molecule has 0 unspecified atom stereocenters. The Morgan fingerprint density at radius 1 is 1.25 bits per heavy atom. The second kappa shape index (κ2) is 8.22. The minimum absolute atomic E-state index is 0.199. The first-order valence-corrected chi connectivity index (χ1v) is 9.07. The molecule has 2 heterocycles. The van der Waals surface area contributed by atoms with Gasteiger partial charge in [-0.3, -0.25) is 19.9 Å². The van der Waals surface area contributed by atoms with Crippen molar-refractivity contribution in [1.82, 2.24) is 10.3 Å². The number of urea groups is 1. The number of hydrogen-bond acceptors (Lipinski definition) is 6. The summed E-state index contributed by atoms with van der Waals surface area (Å²) in [5.41, 5.74) is 0.571. The molecule has 0 saturated carbocycles. The van der Waals surface area contributed by atoms with Crippen LogP contribution in [-0.2, 0) is 9.59 Å². The number of carbonyl (C=O) groups excluding carboxylic acids is 3. The zero-order valence-electron chi connectivity index (χ0n) is 15.1. The van der Waals surface area contributed by atoms with Crippen LogP contribution in [0.1, 0.15) is 12.5 Å². The van der Waals surface area contributed by atoms with Crippen LogP contribution in [0.5, 0.6) is 11.5 Å². The maximum atomic E-state index is 12.9. The van der Waals surface area contributed by atoms with Gasteiger partial charge in [0.2, 0.25) is 0 Å². The lowest BCUT2D eigenvalue weighted by molar-refractivity contribution is -0.122. The molecule has 0 spiro atoms. The van der Waals surface area contributed by atoms with E-state index in [2.05, 4.69) is 26.2 Å². The maximum absolute atomic E-state index is 12.9. The number of nitrogens with zero attached hydrogens (tertiary/aromatic N) is 2. The molecule has 0 atom stereocenters. The van der Waals surface area contributed by atoms with Gasteiger partial charge in [-0.05, 0) is 42.8 Å². The normalized spacial score (nSPS) is 15.6. The summed E-state index contributed by atoms with van der Waals surface area (Å²) in [5, 5.41) is 2.17. The molecule has 1 aliphatic heterocycles. The summed E-state index contributed by atoms with van der Waals surface area (Å²) in [4.78, 5) is 42.1. The molecule has 1 N–H and O–H groups in total. The minimum Gasteiger partial charge on any atom is -0.493 e. The summed E-state index contributed by atoms with van der Waals surface area (Å²) >= 11 is 3.41. The Morgan fingerprint density at radius 2 is 2.04 bits per heavy atom. The standard InChI is InChI=1S/C19H16BrN3O5/c1-3-28-16-9-14(20)11(8-15(16)27-2)7-13-17(24)22-19(26)23(18(13)25)12-5-4-6-21-10-12/h4-10H,3H2,1-2H3,(H,22,24,26)/b13-7+. The van der Waals surface area contributed by atoms with Crippen LogP contribution in [0.3, 0.4) is 0 Å². The molecule has 1 aromatic heterocycles. The predicted octanol–water partition coefficient (Wildman–Crippen LogP) is 2.92. The van der Waals surface area contributed by atoms with Gasteiger partial charge in [0.15, 0.2) is 11.5 Å². The zero-order valence-corrected chi connectivity index (χ0v) is 16.6. The third kappa shape index (κ3) is 3.74. The van der Waals surface area contributed by atoms with Crippen LogP contribution in [0.2, 0.25) is 0 Å². The van der Waals surface area contributed by atoms with Gasteiger partial charge in [0.05, 0.1) is 25.6 Å². The van der Waals surface area contributed by atoms with Crippen molar-refractivity contribution >= 4 is 45.5 Å². The fraction of sp³-hybridized carbons (Fsp3) is 0.158. The third-order valence-electron chi connectivity index (χ3n) is 3.89. The molecule has 144 valence electrons. The van der Waals surface area contributed by atoms with Gasteiger partial charge in [0, 0.05) is 10.7 Å². The first-order chi connectivity index (χ1) is 13.5. The van der Waals surface area contributed by atoms with Gasteiger partial charge in [0.25, 0.3) is 11.8 Å². The summed E-state index contributed by atoms with van der Waals surface area (Å²) < 4.78 is 11.4. The first-order valence-electron chi connectivity index (χ1n) is 8.28. The molecular formula is C19H16BrN3O5. The van der Waals surface area contributed by atoms with Gasteiger partial charge in [0.1, 0.15) is 5.57 Å². The van der Waals surface area contributed by atoms with E-state index in [9.17, 15) is 14.4 Å². The number of anilines is 1. The summed E-state index contributed by atoms with van der Waals surface area (Å²) in [7, 11) is 1.49. The van der Waals surface area contributed by atoms with Crippen LogP contribution in [0, 0.1) is 0 Å². The summed E-state index contributed by atoms with van der Waals surface area (Å²) in [6, 6.07) is 5.62. The van der Waals surface area contributed by atoms with Crippen LogP contribution in [-0.4, -0.2) is 36.5 Å². The molecular weight excluding hydrogens is 430 g/mol. The van der Waals surface area contributed by atoms with Gasteiger partial charge in [-0.2, -0.15) is 0 Å². The molecule has 0 aliphatic carbocycles. The van der Waals surface area contributed by atoms with Crippen LogP contribution in [0.15, 0.2) is 46.7 Å². The largest absolute Gasteiger partial charge is 0.493 e. The molecule has 1 fully saturated rings. The van der Waals surface area contributed by atoms with E-state index in [1.54, 1.807) is 24.3 Å². The lowest BCUT2D eigenvalue weighted by Crippen LogP contribution is -2.54. The minimum atomic E-state index is -0.830. The van der Waals surface area contributed by atoms with Crippen molar-refractivity contribution in [1.29, 1.82) is 0 Å². The van der Waals surface area contributed by atoms with Crippen molar-refractivity contribution in [3.05, 3.63) is 52.3 Å². The fourth-order valence-electron chi connectivity index (χ4n) is 2.62. The highest BCUT2D eigenvalue weighted by Gasteiger charge is 2.37. The summed E-state index contributed by atoms with van der Waals surface area (Å²) in [6.07, 6.45) is 4.26. The Kier molecular flexibility index (Phi) is 5.74. The Morgan fingerprint density at radius 3 is 2.68 bits per heavy atom. The molecule has 4 amide bonds. The Balaban J connectivity index is 2.04. The van der Waals surface area contributed by atoms with E-state index in [0.717, 1.165) is 4.90 Å². The smallest absolute Gasteiger partial charge is 0.336 e. The lowest BCUT2D eigenvalue weighted by Gasteiger charge is -2.26. The van der Waals surface area contributed by atoms with Gasteiger partial charge in [-0.15, -0.1) is 0 Å². The molecule has 2 aromatic rings. The van der Waals surface area contributed by atoms with Gasteiger partial charge in [-0.1, -0.05) is 15.9 Å². The molecule has 28 heavy (non-hydrogen) atoms. The van der Waals surface area contributed by atoms with Crippen molar-refractivity contribution in [2.24, 2.45) is 0 Å². The number of ether oxygens (including phenoxy) is 2. The van der Waals surface area contributed by atoms with Crippen LogP contribution >= 0.6 is 15.9 Å². The van der Waals surface area contributed by atoms with E-state index in [-0.39, 0.29) is 11.3 Å². The van der Waals surface area contributed by atoms with E-state index in [1.165, 1.54) is 25.6 Å². The maximum Gasteiger partial charge on any atom is 0.336 e. The van der Waals surface area contributed by atoms with Crippen LogP contribution in [0.4, 0.5) is 10.5 Å². The van der Waals surface area contributed by atoms with E-state index >= 15 is 0 Å². The SMILES string of the molecule is CCOc1cc(Br)c(/C=C2\C(=O)NC(=O)N(c3cccnc3)C2=O)cc1OC. The van der Waals surface area contributed by atoms with Crippen molar-refractivity contribution in [3.63, 3.8) is 0 Å². The van der Waals surface area contributed by atoms with Crippen molar-refractivity contribution < 1.29 is 23.9 Å². The molecule has 3 rings (SSSR count). The van der Waals surface area contributed by atoms with E-state index in [1.807, 2.05) is 6.92 Å². The number of nitrogens with one attached hydrogen (secondary N) is 1. The van der Waals surface area contributed by atoms with Crippen LogP contribution < -0.4 is 19.7 Å². The molecule has 0 radical (unpaired) electrons. The second-order valence-corrected chi connectivity index (χ2v) is 6.48. The fourth-order valence-corrected chi connectivity index (χ4v) is 3.06. The molecule has 1 aliphatic rings. The summed E-state index contributed by atoms with van der Waals surface area (Å²) in [6.45, 7) is 2.30. The van der Waals surface area contributed by atoms with Gasteiger partial charge < -0.3 is 9.47 Å². The number of hydrogen-bond donors (Lipinski definition) is 1. The van der Waals surface area contributed by atoms with Crippen LogP contribution in [0.25, 0.3) is 6.08 Å².